The Kier molecular flexibility index (Phi) is 5.93. The van der Waals surface area contributed by atoms with Crippen LogP contribution < -0.4 is 15.5 Å². The van der Waals surface area contributed by atoms with Crippen molar-refractivity contribution in [1.29, 1.82) is 0 Å². The van der Waals surface area contributed by atoms with Gasteiger partial charge in [-0.2, -0.15) is 0 Å². The van der Waals surface area contributed by atoms with E-state index in [1.165, 1.54) is 16.8 Å². The molecule has 3 amide bonds. The molecule has 2 atom stereocenters. The maximum atomic E-state index is 12.6. The Morgan fingerprint density at radius 1 is 1.10 bits per heavy atom. The molecule has 4 rings (SSSR count). The highest BCUT2D eigenvalue weighted by Gasteiger charge is 2.48. The number of carbonyl (C=O) groups is 2. The number of nitrogens with zero attached hydrogens (tertiary/aromatic N) is 3. The normalized spacial score (nSPS) is 22.9. The van der Waals surface area contributed by atoms with Crippen LogP contribution in [0, 0.1) is 13.8 Å². The fourth-order valence-electron chi connectivity index (χ4n) is 4.46. The van der Waals surface area contributed by atoms with Crippen molar-refractivity contribution in [3.63, 3.8) is 0 Å². The molecule has 2 aromatic rings. The van der Waals surface area contributed by atoms with Gasteiger partial charge in [0.1, 0.15) is 6.23 Å². The van der Waals surface area contributed by atoms with Gasteiger partial charge in [0.25, 0.3) is 5.91 Å². The van der Waals surface area contributed by atoms with Gasteiger partial charge >= 0.3 is 6.03 Å². The van der Waals surface area contributed by atoms with Gasteiger partial charge in [-0.15, -0.1) is 0 Å². The second-order valence-electron chi connectivity index (χ2n) is 8.29. The largest absolute Gasteiger partial charge is 0.378 e. The third kappa shape index (κ3) is 4.13. The Hall–Kier alpha value is -2.97. The van der Waals surface area contributed by atoms with E-state index in [1.54, 1.807) is 24.4 Å². The molecule has 2 fully saturated rings. The van der Waals surface area contributed by atoms with Crippen molar-refractivity contribution in [3.05, 3.63) is 59.4 Å². The molecule has 0 saturated carbocycles. The number of nitrogens with one attached hydrogen (secondary N) is 2. The predicted octanol–water partition coefficient (Wildman–Crippen LogP) is 1.65. The van der Waals surface area contributed by atoms with E-state index in [4.69, 9.17) is 0 Å². The van der Waals surface area contributed by atoms with Gasteiger partial charge in [0.2, 0.25) is 0 Å². The summed E-state index contributed by atoms with van der Waals surface area (Å²) in [5, 5.41) is 15.9. The molecule has 1 aromatic heterocycles. The molecular formula is C23H29N5O3. The number of rotatable bonds is 6. The van der Waals surface area contributed by atoms with E-state index in [9.17, 15) is 14.7 Å². The molecule has 3 heterocycles. The fraction of sp³-hybridized carbons (Fsp3) is 0.435. The molecule has 31 heavy (non-hydrogen) atoms. The molecule has 2 aliphatic rings. The number of aliphatic hydroxyl groups is 1. The number of hydrogen-bond acceptors (Lipinski definition) is 6. The van der Waals surface area contributed by atoms with Crippen molar-refractivity contribution in [2.24, 2.45) is 0 Å². The number of urea groups is 1. The van der Waals surface area contributed by atoms with E-state index in [-0.39, 0.29) is 6.42 Å². The Balaban J connectivity index is 1.39. The molecule has 1 aromatic carbocycles. The van der Waals surface area contributed by atoms with Gasteiger partial charge < -0.3 is 15.3 Å². The molecule has 8 nitrogen and oxygen atoms in total. The minimum Gasteiger partial charge on any atom is -0.378 e. The van der Waals surface area contributed by atoms with Crippen molar-refractivity contribution >= 4 is 17.6 Å². The van der Waals surface area contributed by atoms with Crippen molar-refractivity contribution in [2.45, 2.75) is 38.5 Å². The van der Waals surface area contributed by atoms with Crippen LogP contribution in [-0.4, -0.2) is 59.3 Å². The molecular weight excluding hydrogens is 394 g/mol. The number of aromatic nitrogens is 1. The average molecular weight is 424 g/mol. The summed E-state index contributed by atoms with van der Waals surface area (Å²) in [6.07, 6.45) is 1.50. The lowest BCUT2D eigenvalue weighted by molar-refractivity contribution is -0.125. The Bertz CT molecular complexity index is 959. The van der Waals surface area contributed by atoms with Gasteiger partial charge in [-0.1, -0.05) is 18.2 Å². The summed E-state index contributed by atoms with van der Waals surface area (Å²) in [5.41, 5.74) is 3.03. The third-order valence-corrected chi connectivity index (χ3v) is 6.47. The molecule has 0 spiro atoms. The first-order valence-electron chi connectivity index (χ1n) is 10.7. The quantitative estimate of drug-likeness (QED) is 0.612. The molecule has 8 heteroatoms. The first-order chi connectivity index (χ1) is 14.9. The van der Waals surface area contributed by atoms with Gasteiger partial charge in [-0.3, -0.25) is 20.0 Å². The lowest BCUT2D eigenvalue weighted by Crippen LogP contribution is -2.52. The van der Waals surface area contributed by atoms with E-state index in [0.29, 0.717) is 12.1 Å². The number of piperazine rings is 1. The van der Waals surface area contributed by atoms with Crippen LogP contribution in [0.2, 0.25) is 0 Å². The molecule has 0 bridgehead atoms. The van der Waals surface area contributed by atoms with Crippen LogP contribution in [-0.2, 0) is 10.3 Å². The maximum Gasteiger partial charge on any atom is 0.322 e. The summed E-state index contributed by atoms with van der Waals surface area (Å²) in [6, 6.07) is 11.1. The van der Waals surface area contributed by atoms with Crippen LogP contribution in [0.25, 0.3) is 0 Å². The Labute approximate surface area is 182 Å². The number of imide groups is 1. The number of aryl methyl sites for hydroxylation is 1. The topological polar surface area (TPSA) is 97.8 Å². The molecule has 0 aliphatic carbocycles. The first kappa shape index (κ1) is 21.3. The fourth-order valence-corrected chi connectivity index (χ4v) is 4.46. The summed E-state index contributed by atoms with van der Waals surface area (Å²) in [4.78, 5) is 33.2. The van der Waals surface area contributed by atoms with Gasteiger partial charge in [-0.25, -0.2) is 4.79 Å². The summed E-state index contributed by atoms with van der Waals surface area (Å²) in [5.74, 6) is -0.428. The lowest BCUT2D eigenvalue weighted by Gasteiger charge is -2.39. The minimum absolute atomic E-state index is 0.264. The highest BCUT2D eigenvalue weighted by atomic mass is 16.3. The zero-order valence-electron chi connectivity index (χ0n) is 18.0. The zero-order valence-corrected chi connectivity index (χ0v) is 18.0. The van der Waals surface area contributed by atoms with Crippen molar-refractivity contribution in [3.8, 4) is 0 Å². The smallest absolute Gasteiger partial charge is 0.322 e. The zero-order chi connectivity index (χ0) is 22.0. The summed E-state index contributed by atoms with van der Waals surface area (Å²) >= 11 is 0. The van der Waals surface area contributed by atoms with Crippen LogP contribution in [0.15, 0.2) is 42.6 Å². The van der Waals surface area contributed by atoms with Crippen LogP contribution in [0.4, 0.5) is 10.5 Å². The standard InChI is InChI=1S/C23H29N5O3/c1-16-6-5-7-18(17(16)2)27-12-14-28(15-13-27)20(29)9-10-23(19-8-3-4-11-24-19)21(30)25-22(31)26-23/h3-8,11,20,29H,9-10,12-15H2,1-2H3,(H2,25,26,30,31). The number of aliphatic hydroxyl groups excluding tert-OH is 1. The van der Waals surface area contributed by atoms with Crippen molar-refractivity contribution in [1.82, 2.24) is 20.5 Å². The SMILES string of the molecule is Cc1cccc(N2CCN(C(O)CCC3(c4ccccn4)NC(=O)NC3=O)CC2)c1C. The molecule has 2 saturated heterocycles. The highest BCUT2D eigenvalue weighted by Crippen LogP contribution is 2.30. The number of pyridine rings is 1. The van der Waals surface area contributed by atoms with Crippen molar-refractivity contribution < 1.29 is 14.7 Å². The van der Waals surface area contributed by atoms with E-state index in [2.05, 4.69) is 52.6 Å². The van der Waals surface area contributed by atoms with Gasteiger partial charge in [0, 0.05) is 38.1 Å². The summed E-state index contributed by atoms with van der Waals surface area (Å²) in [6.45, 7) is 7.36. The van der Waals surface area contributed by atoms with Crippen LogP contribution in [0.5, 0.6) is 0 Å². The van der Waals surface area contributed by atoms with Crippen LogP contribution >= 0.6 is 0 Å². The number of amides is 3. The summed E-state index contributed by atoms with van der Waals surface area (Å²) in [7, 11) is 0. The Morgan fingerprint density at radius 2 is 1.87 bits per heavy atom. The number of anilines is 1. The molecule has 2 aliphatic heterocycles. The van der Waals surface area contributed by atoms with Gasteiger partial charge in [0.15, 0.2) is 5.54 Å². The second-order valence-corrected chi connectivity index (χ2v) is 8.29. The van der Waals surface area contributed by atoms with Crippen LogP contribution in [0.1, 0.15) is 29.7 Å². The molecule has 2 unspecified atom stereocenters. The number of benzene rings is 1. The lowest BCUT2D eigenvalue weighted by atomic mass is 9.88. The molecule has 3 N–H and O–H groups in total. The van der Waals surface area contributed by atoms with E-state index in [1.807, 2.05) is 4.90 Å². The maximum absolute atomic E-state index is 12.6. The van der Waals surface area contributed by atoms with Crippen LogP contribution in [0.3, 0.4) is 0 Å². The Morgan fingerprint density at radius 3 is 2.52 bits per heavy atom. The first-order valence-corrected chi connectivity index (χ1v) is 10.7. The van der Waals surface area contributed by atoms with Gasteiger partial charge in [-0.05, 0) is 56.0 Å². The van der Waals surface area contributed by atoms with Crippen molar-refractivity contribution in [2.75, 3.05) is 31.1 Å². The monoisotopic (exact) mass is 423 g/mol. The number of hydrogen-bond donors (Lipinski definition) is 3. The highest BCUT2D eigenvalue weighted by molar-refractivity contribution is 6.07. The van der Waals surface area contributed by atoms with E-state index >= 15 is 0 Å². The molecule has 164 valence electrons. The van der Waals surface area contributed by atoms with E-state index in [0.717, 1.165) is 26.2 Å². The predicted molar refractivity (Wildman–Crippen MR) is 118 cm³/mol. The summed E-state index contributed by atoms with van der Waals surface area (Å²) < 4.78 is 0. The van der Waals surface area contributed by atoms with Gasteiger partial charge in [0.05, 0.1) is 5.69 Å². The second kappa shape index (κ2) is 8.64. The third-order valence-electron chi connectivity index (χ3n) is 6.47. The van der Waals surface area contributed by atoms with E-state index < -0.39 is 23.7 Å². The average Bonchev–Trinajstić information content (AvgIpc) is 3.08. The minimum atomic E-state index is -1.25. The number of carbonyl (C=O) groups excluding carboxylic acids is 2. The molecule has 0 radical (unpaired) electrons.